The first-order chi connectivity index (χ1) is 12.9. The summed E-state index contributed by atoms with van der Waals surface area (Å²) in [6.07, 6.45) is 2.42. The Morgan fingerprint density at radius 3 is 2.48 bits per heavy atom. The van der Waals surface area contributed by atoms with E-state index in [0.29, 0.717) is 11.4 Å². The highest BCUT2D eigenvalue weighted by molar-refractivity contribution is 8.00. The second-order valence-corrected chi connectivity index (χ2v) is 8.16. The summed E-state index contributed by atoms with van der Waals surface area (Å²) < 4.78 is 0. The van der Waals surface area contributed by atoms with E-state index < -0.39 is 0 Å². The van der Waals surface area contributed by atoms with Crippen LogP contribution in [0.25, 0.3) is 0 Å². The van der Waals surface area contributed by atoms with Gasteiger partial charge in [-0.3, -0.25) is 9.59 Å². The average Bonchev–Trinajstić information content (AvgIpc) is 2.65. The van der Waals surface area contributed by atoms with E-state index in [9.17, 15) is 9.59 Å². The molecule has 2 amide bonds. The summed E-state index contributed by atoms with van der Waals surface area (Å²) >= 11 is 7.56. The molecule has 27 heavy (non-hydrogen) atoms. The van der Waals surface area contributed by atoms with Crippen LogP contribution in [0.3, 0.4) is 0 Å². The van der Waals surface area contributed by atoms with Crippen LogP contribution in [0.2, 0.25) is 5.02 Å². The van der Waals surface area contributed by atoms with Gasteiger partial charge in [-0.05, 0) is 62.2 Å². The number of thioether (sulfide) groups is 1. The minimum Gasteiger partial charge on any atom is -0.326 e. The van der Waals surface area contributed by atoms with E-state index in [1.54, 1.807) is 6.07 Å². The predicted octanol–water partition coefficient (Wildman–Crippen LogP) is 5.90. The molecule has 0 radical (unpaired) electrons. The standard InChI is InChI=1S/C21H25ClN2O2S/c1-4-5-9-20(25)23-16-10-12-17(13-11-16)27-15(3)21(26)24-19-8-6-7-18(22)14(19)2/h6-8,10-13,15H,4-5,9H2,1-3H3,(H,23,25)(H,24,26). The van der Waals surface area contributed by atoms with Crippen LogP contribution in [0, 0.1) is 6.92 Å². The number of nitrogens with one attached hydrogen (secondary N) is 2. The van der Waals surface area contributed by atoms with Crippen LogP contribution in [0.1, 0.15) is 38.7 Å². The van der Waals surface area contributed by atoms with Gasteiger partial charge < -0.3 is 10.6 Å². The fourth-order valence-corrected chi connectivity index (χ4v) is 3.45. The molecule has 2 N–H and O–H groups in total. The van der Waals surface area contributed by atoms with Gasteiger partial charge in [0, 0.05) is 27.7 Å². The molecule has 0 saturated heterocycles. The summed E-state index contributed by atoms with van der Waals surface area (Å²) in [5.41, 5.74) is 2.35. The Morgan fingerprint density at radius 1 is 1.11 bits per heavy atom. The molecule has 0 aliphatic rings. The van der Waals surface area contributed by atoms with E-state index in [4.69, 9.17) is 11.6 Å². The van der Waals surface area contributed by atoms with Gasteiger partial charge in [-0.2, -0.15) is 0 Å². The molecule has 4 nitrogen and oxygen atoms in total. The van der Waals surface area contributed by atoms with Crippen molar-refractivity contribution in [1.82, 2.24) is 0 Å². The first kappa shape index (κ1) is 21.3. The van der Waals surface area contributed by atoms with Gasteiger partial charge in [0.15, 0.2) is 0 Å². The van der Waals surface area contributed by atoms with Crippen molar-refractivity contribution < 1.29 is 9.59 Å². The Bertz CT molecular complexity index is 793. The van der Waals surface area contributed by atoms with Crippen LogP contribution in [0.4, 0.5) is 11.4 Å². The third kappa shape index (κ3) is 6.60. The lowest BCUT2D eigenvalue weighted by atomic mass is 10.2. The Labute approximate surface area is 170 Å². The number of carbonyl (C=O) groups excluding carboxylic acids is 2. The SMILES string of the molecule is CCCCC(=O)Nc1ccc(SC(C)C(=O)Nc2cccc(Cl)c2C)cc1. The van der Waals surface area contributed by atoms with Gasteiger partial charge in [-0.25, -0.2) is 0 Å². The van der Waals surface area contributed by atoms with E-state index in [2.05, 4.69) is 17.6 Å². The van der Waals surface area contributed by atoms with Crippen molar-refractivity contribution in [3.05, 3.63) is 53.1 Å². The molecule has 2 aromatic rings. The molecule has 0 spiro atoms. The van der Waals surface area contributed by atoms with E-state index in [-0.39, 0.29) is 17.1 Å². The summed E-state index contributed by atoms with van der Waals surface area (Å²) in [7, 11) is 0. The highest BCUT2D eigenvalue weighted by atomic mass is 35.5. The number of hydrogen-bond donors (Lipinski definition) is 2. The van der Waals surface area contributed by atoms with Gasteiger partial charge in [0.2, 0.25) is 11.8 Å². The van der Waals surface area contributed by atoms with E-state index in [0.717, 1.165) is 34.7 Å². The van der Waals surface area contributed by atoms with Crippen LogP contribution >= 0.6 is 23.4 Å². The highest BCUT2D eigenvalue weighted by Gasteiger charge is 2.16. The van der Waals surface area contributed by atoms with E-state index in [1.165, 1.54) is 11.8 Å². The van der Waals surface area contributed by atoms with Crippen LogP contribution in [-0.2, 0) is 9.59 Å². The molecule has 1 unspecified atom stereocenters. The molecule has 0 heterocycles. The number of halogens is 1. The zero-order valence-electron chi connectivity index (χ0n) is 15.8. The molecule has 144 valence electrons. The van der Waals surface area contributed by atoms with Crippen molar-refractivity contribution in [2.45, 2.75) is 50.2 Å². The molecule has 0 saturated carbocycles. The maximum absolute atomic E-state index is 12.5. The second-order valence-electron chi connectivity index (χ2n) is 6.34. The lowest BCUT2D eigenvalue weighted by Gasteiger charge is -2.14. The minimum absolute atomic E-state index is 0.0295. The Balaban J connectivity index is 1.91. The zero-order valence-corrected chi connectivity index (χ0v) is 17.4. The molecular formula is C21H25ClN2O2S. The first-order valence-corrected chi connectivity index (χ1v) is 10.3. The van der Waals surface area contributed by atoms with Crippen molar-refractivity contribution in [1.29, 1.82) is 0 Å². The van der Waals surface area contributed by atoms with Crippen molar-refractivity contribution >= 4 is 46.6 Å². The van der Waals surface area contributed by atoms with Crippen molar-refractivity contribution in [2.75, 3.05) is 10.6 Å². The minimum atomic E-state index is -0.270. The summed E-state index contributed by atoms with van der Waals surface area (Å²) in [5.74, 6) is -0.0517. The fraction of sp³-hybridized carbons (Fsp3) is 0.333. The molecule has 2 aromatic carbocycles. The second kappa shape index (κ2) is 10.4. The smallest absolute Gasteiger partial charge is 0.237 e. The zero-order chi connectivity index (χ0) is 19.8. The molecule has 0 aliphatic heterocycles. The van der Waals surface area contributed by atoms with Gasteiger partial charge in [0.1, 0.15) is 0 Å². The van der Waals surface area contributed by atoms with Crippen molar-refractivity contribution in [2.24, 2.45) is 0 Å². The number of hydrogen-bond acceptors (Lipinski definition) is 3. The maximum atomic E-state index is 12.5. The molecule has 0 aromatic heterocycles. The quantitative estimate of drug-likeness (QED) is 0.538. The molecular weight excluding hydrogens is 380 g/mol. The predicted molar refractivity (Wildman–Crippen MR) is 115 cm³/mol. The van der Waals surface area contributed by atoms with Crippen LogP contribution in [0.5, 0.6) is 0 Å². The number of anilines is 2. The van der Waals surface area contributed by atoms with Crippen molar-refractivity contribution in [3.8, 4) is 0 Å². The molecule has 1 atom stereocenters. The van der Waals surface area contributed by atoms with Gasteiger partial charge in [-0.1, -0.05) is 31.0 Å². The average molecular weight is 405 g/mol. The maximum Gasteiger partial charge on any atom is 0.237 e. The number of benzene rings is 2. The van der Waals surface area contributed by atoms with Gasteiger partial charge in [0.05, 0.1) is 5.25 Å². The fourth-order valence-electron chi connectivity index (χ4n) is 2.41. The third-order valence-corrected chi connectivity index (χ3v) is 5.62. The number of carbonyl (C=O) groups is 2. The summed E-state index contributed by atoms with van der Waals surface area (Å²) in [6.45, 7) is 5.80. The van der Waals surface area contributed by atoms with Crippen LogP contribution in [-0.4, -0.2) is 17.1 Å². The van der Waals surface area contributed by atoms with E-state index in [1.807, 2.05) is 50.2 Å². The summed E-state index contributed by atoms with van der Waals surface area (Å²) in [5, 5.41) is 6.17. The molecule has 0 aliphatic carbocycles. The Morgan fingerprint density at radius 2 is 1.81 bits per heavy atom. The molecule has 2 rings (SSSR count). The largest absolute Gasteiger partial charge is 0.326 e. The first-order valence-electron chi connectivity index (χ1n) is 9.03. The topological polar surface area (TPSA) is 58.2 Å². The number of unbranched alkanes of at least 4 members (excludes halogenated alkanes) is 1. The lowest BCUT2D eigenvalue weighted by molar-refractivity contribution is -0.116. The third-order valence-electron chi connectivity index (χ3n) is 4.10. The molecule has 0 bridgehead atoms. The normalized spacial score (nSPS) is 11.7. The van der Waals surface area contributed by atoms with Crippen molar-refractivity contribution in [3.63, 3.8) is 0 Å². The van der Waals surface area contributed by atoms with Crippen LogP contribution in [0.15, 0.2) is 47.4 Å². The summed E-state index contributed by atoms with van der Waals surface area (Å²) in [6, 6.07) is 13.0. The highest BCUT2D eigenvalue weighted by Crippen LogP contribution is 2.27. The van der Waals surface area contributed by atoms with Gasteiger partial charge in [0.25, 0.3) is 0 Å². The van der Waals surface area contributed by atoms with Gasteiger partial charge >= 0.3 is 0 Å². The molecule has 6 heteroatoms. The van der Waals surface area contributed by atoms with E-state index >= 15 is 0 Å². The number of amides is 2. The number of rotatable bonds is 8. The summed E-state index contributed by atoms with van der Waals surface area (Å²) in [4.78, 5) is 25.2. The van der Waals surface area contributed by atoms with Crippen LogP contribution < -0.4 is 10.6 Å². The lowest BCUT2D eigenvalue weighted by Crippen LogP contribution is -2.22. The Kier molecular flexibility index (Phi) is 8.20. The Hall–Kier alpha value is -1.98. The molecule has 0 fully saturated rings. The monoisotopic (exact) mass is 404 g/mol. The van der Waals surface area contributed by atoms with Gasteiger partial charge in [-0.15, -0.1) is 11.8 Å².